The fraction of sp³-hybridized carbons (Fsp3) is 0.348. The maximum Gasteiger partial charge on any atom is 0.375 e. The van der Waals surface area contributed by atoms with Crippen LogP contribution < -0.4 is 9.62 Å². The van der Waals surface area contributed by atoms with E-state index < -0.39 is 39.7 Å². The molecular formula is C23H26Cl2N2O6S. The lowest BCUT2D eigenvalue weighted by atomic mass is 10.1. The molecule has 2 aromatic rings. The number of sulfonamides is 1. The van der Waals surface area contributed by atoms with Crippen LogP contribution in [0.2, 0.25) is 10.0 Å². The molecule has 184 valence electrons. The molecule has 0 aliphatic heterocycles. The number of hydrogen-bond acceptors (Lipinski definition) is 6. The van der Waals surface area contributed by atoms with E-state index in [-0.39, 0.29) is 22.2 Å². The largest absolute Gasteiger partial charge is 0.454 e. The summed E-state index contributed by atoms with van der Waals surface area (Å²) in [5, 5.41) is 0.585. The molecule has 0 aromatic heterocycles. The SMILES string of the molecule is CCC(C)(C)OC(=O)C(=O)CC(=O)N(Cc1ccc(Cl)c(Cl)c1)c1cccc(S(=O)(=O)NC)c1. The molecule has 0 radical (unpaired) electrons. The predicted molar refractivity (Wildman–Crippen MR) is 130 cm³/mol. The number of rotatable bonds is 10. The average Bonchev–Trinajstić information content (AvgIpc) is 2.79. The van der Waals surface area contributed by atoms with E-state index in [0.717, 1.165) is 0 Å². The summed E-state index contributed by atoms with van der Waals surface area (Å²) in [7, 11) is -2.53. The summed E-state index contributed by atoms with van der Waals surface area (Å²) in [4.78, 5) is 38.9. The zero-order valence-corrected chi connectivity index (χ0v) is 21.6. The van der Waals surface area contributed by atoms with Crippen molar-refractivity contribution in [2.24, 2.45) is 0 Å². The number of amides is 1. The van der Waals surface area contributed by atoms with E-state index in [9.17, 15) is 22.8 Å². The Morgan fingerprint density at radius 3 is 2.32 bits per heavy atom. The minimum atomic E-state index is -3.79. The second-order valence-corrected chi connectivity index (χ2v) is 10.7. The monoisotopic (exact) mass is 528 g/mol. The van der Waals surface area contributed by atoms with Crippen molar-refractivity contribution >= 4 is 56.6 Å². The van der Waals surface area contributed by atoms with Crippen molar-refractivity contribution < 1.29 is 27.5 Å². The Balaban J connectivity index is 2.40. The molecule has 0 saturated heterocycles. The van der Waals surface area contributed by atoms with E-state index in [1.807, 2.05) is 0 Å². The summed E-state index contributed by atoms with van der Waals surface area (Å²) in [5.74, 6) is -2.84. The number of anilines is 1. The number of ether oxygens (including phenoxy) is 1. The van der Waals surface area contributed by atoms with E-state index in [0.29, 0.717) is 17.0 Å². The minimum absolute atomic E-state index is 0.0540. The van der Waals surface area contributed by atoms with Crippen molar-refractivity contribution in [2.75, 3.05) is 11.9 Å². The van der Waals surface area contributed by atoms with Gasteiger partial charge in [-0.05, 0) is 63.2 Å². The maximum atomic E-state index is 13.2. The Kier molecular flexibility index (Phi) is 9.24. The number of hydrogen-bond donors (Lipinski definition) is 1. The fourth-order valence-corrected chi connectivity index (χ4v) is 3.86. The summed E-state index contributed by atoms with van der Waals surface area (Å²) < 4.78 is 31.9. The highest BCUT2D eigenvalue weighted by molar-refractivity contribution is 7.89. The van der Waals surface area contributed by atoms with Gasteiger partial charge in [-0.2, -0.15) is 0 Å². The summed E-state index contributed by atoms with van der Waals surface area (Å²) in [5.41, 5.74) is -0.0695. The van der Waals surface area contributed by atoms with Gasteiger partial charge >= 0.3 is 5.97 Å². The van der Waals surface area contributed by atoms with Gasteiger partial charge in [0.2, 0.25) is 21.7 Å². The Labute approximate surface area is 209 Å². The molecule has 1 N–H and O–H groups in total. The average molecular weight is 529 g/mol. The molecule has 11 heteroatoms. The van der Waals surface area contributed by atoms with Crippen LogP contribution in [0.4, 0.5) is 5.69 Å². The number of halogens is 2. The van der Waals surface area contributed by atoms with Crippen LogP contribution in [0.3, 0.4) is 0 Å². The molecule has 8 nitrogen and oxygen atoms in total. The van der Waals surface area contributed by atoms with E-state index in [1.165, 1.54) is 36.2 Å². The molecule has 0 aliphatic carbocycles. The number of nitrogens with one attached hydrogen (secondary N) is 1. The van der Waals surface area contributed by atoms with Crippen LogP contribution >= 0.6 is 23.2 Å². The molecule has 0 fully saturated rings. The topological polar surface area (TPSA) is 110 Å². The first-order valence-corrected chi connectivity index (χ1v) is 12.6. The van der Waals surface area contributed by atoms with Gasteiger partial charge in [-0.15, -0.1) is 0 Å². The molecule has 2 rings (SSSR count). The molecule has 2 aromatic carbocycles. The lowest BCUT2D eigenvalue weighted by molar-refractivity contribution is -0.164. The molecule has 1 amide bonds. The predicted octanol–water partition coefficient (Wildman–Crippen LogP) is 4.13. The number of carbonyl (C=O) groups excluding carboxylic acids is 3. The molecule has 0 heterocycles. The fourth-order valence-electron chi connectivity index (χ4n) is 2.77. The zero-order valence-electron chi connectivity index (χ0n) is 19.2. The van der Waals surface area contributed by atoms with Gasteiger partial charge < -0.3 is 9.64 Å². The second kappa shape index (κ2) is 11.3. The standard InChI is InChI=1S/C23H26Cl2N2O6S/c1-5-23(2,3)33-22(30)20(28)13-21(29)27(14-15-9-10-18(24)19(25)11-15)16-7-6-8-17(12-16)34(31,32)26-4/h6-12,26H,5,13-14H2,1-4H3. The molecule has 0 spiro atoms. The minimum Gasteiger partial charge on any atom is -0.454 e. The number of ketones is 1. The highest BCUT2D eigenvalue weighted by Gasteiger charge is 2.29. The first kappa shape index (κ1) is 27.8. The Hall–Kier alpha value is -2.46. The van der Waals surface area contributed by atoms with Crippen molar-refractivity contribution in [3.05, 3.63) is 58.1 Å². The number of esters is 1. The lowest BCUT2D eigenvalue weighted by Crippen LogP contribution is -2.36. The summed E-state index contributed by atoms with van der Waals surface area (Å²) in [6, 6.07) is 10.4. The van der Waals surface area contributed by atoms with Crippen LogP contribution in [0.1, 0.15) is 39.2 Å². The van der Waals surface area contributed by atoms with Crippen molar-refractivity contribution in [3.8, 4) is 0 Å². The zero-order chi connectivity index (χ0) is 25.7. The highest BCUT2D eigenvalue weighted by atomic mass is 35.5. The van der Waals surface area contributed by atoms with Gasteiger partial charge in [0, 0.05) is 5.69 Å². The molecule has 0 bridgehead atoms. The summed E-state index contributed by atoms with van der Waals surface area (Å²) >= 11 is 12.1. The number of carbonyl (C=O) groups is 3. The van der Waals surface area contributed by atoms with Crippen LogP contribution in [0.5, 0.6) is 0 Å². The summed E-state index contributed by atoms with van der Waals surface area (Å²) in [6.07, 6.45) is -0.279. The quantitative estimate of drug-likeness (QED) is 0.282. The molecule has 0 saturated carbocycles. The Bertz CT molecular complexity index is 1200. The molecule has 0 atom stereocenters. The first-order valence-electron chi connectivity index (χ1n) is 10.3. The van der Waals surface area contributed by atoms with Crippen molar-refractivity contribution in [1.29, 1.82) is 0 Å². The van der Waals surface area contributed by atoms with Crippen LogP contribution in [-0.4, -0.2) is 38.7 Å². The van der Waals surface area contributed by atoms with Crippen molar-refractivity contribution in [3.63, 3.8) is 0 Å². The van der Waals surface area contributed by atoms with Gasteiger partial charge in [-0.3, -0.25) is 9.59 Å². The van der Waals surface area contributed by atoms with Gasteiger partial charge in [-0.25, -0.2) is 17.9 Å². The molecule has 34 heavy (non-hydrogen) atoms. The summed E-state index contributed by atoms with van der Waals surface area (Å²) in [6.45, 7) is 5.06. The van der Waals surface area contributed by atoms with Crippen molar-refractivity contribution in [1.82, 2.24) is 4.72 Å². The highest BCUT2D eigenvalue weighted by Crippen LogP contribution is 2.26. The third-order valence-corrected chi connectivity index (χ3v) is 7.24. The third-order valence-electron chi connectivity index (χ3n) is 5.09. The number of Topliss-reactive ketones (excluding diaryl/α,β-unsaturated/α-hetero) is 1. The first-order chi connectivity index (χ1) is 15.8. The molecule has 0 aliphatic rings. The van der Waals surface area contributed by atoms with Gasteiger partial charge in [-0.1, -0.05) is 42.3 Å². The van der Waals surface area contributed by atoms with Gasteiger partial charge in [0.05, 0.1) is 27.9 Å². The van der Waals surface area contributed by atoms with Gasteiger partial charge in [0.25, 0.3) is 0 Å². The van der Waals surface area contributed by atoms with Crippen LogP contribution in [0.15, 0.2) is 47.4 Å². The Morgan fingerprint density at radius 2 is 1.74 bits per heavy atom. The molecular weight excluding hydrogens is 503 g/mol. The van der Waals surface area contributed by atoms with E-state index >= 15 is 0 Å². The van der Waals surface area contributed by atoms with Crippen LogP contribution in [0.25, 0.3) is 0 Å². The Morgan fingerprint density at radius 1 is 1.06 bits per heavy atom. The van der Waals surface area contributed by atoms with Gasteiger partial charge in [0.15, 0.2) is 0 Å². The van der Waals surface area contributed by atoms with E-state index in [4.69, 9.17) is 27.9 Å². The van der Waals surface area contributed by atoms with Crippen LogP contribution in [-0.2, 0) is 35.7 Å². The third kappa shape index (κ3) is 7.27. The lowest BCUT2D eigenvalue weighted by Gasteiger charge is -2.25. The number of benzene rings is 2. The second-order valence-electron chi connectivity index (χ2n) is 8.04. The van der Waals surface area contributed by atoms with E-state index in [2.05, 4.69) is 4.72 Å². The van der Waals surface area contributed by atoms with Crippen LogP contribution in [0, 0.1) is 0 Å². The van der Waals surface area contributed by atoms with Gasteiger partial charge in [0.1, 0.15) is 5.60 Å². The van der Waals surface area contributed by atoms with E-state index in [1.54, 1.807) is 39.0 Å². The van der Waals surface area contributed by atoms with Crippen molar-refractivity contribution in [2.45, 2.75) is 50.7 Å². The molecule has 0 unspecified atom stereocenters. The maximum absolute atomic E-state index is 13.2. The smallest absolute Gasteiger partial charge is 0.375 e. The number of nitrogens with zero attached hydrogens (tertiary/aromatic N) is 1. The normalized spacial score (nSPS) is 11.7.